The molecule has 3 aromatic rings. The second-order valence-electron chi connectivity index (χ2n) is 6.29. The highest BCUT2D eigenvalue weighted by Crippen LogP contribution is 2.26. The second kappa shape index (κ2) is 6.88. The van der Waals surface area contributed by atoms with Crippen LogP contribution >= 0.6 is 11.3 Å². The standard InChI is InChI=1S/C20H17FN2O2S/c21-15-5-8-17-14(10-15)11-18(26-17)20(25)22-12-13-3-6-16(7-4-13)23-9-1-2-19(23)24/h3-8,10-11H,1-2,9,12H2,(H,22,25). The van der Waals surface area contributed by atoms with Gasteiger partial charge in [-0.2, -0.15) is 0 Å². The molecule has 0 aliphatic carbocycles. The number of nitrogens with one attached hydrogen (secondary N) is 1. The van der Waals surface area contributed by atoms with Gasteiger partial charge in [0, 0.05) is 29.9 Å². The van der Waals surface area contributed by atoms with Gasteiger partial charge in [-0.05, 0) is 53.8 Å². The first kappa shape index (κ1) is 16.7. The monoisotopic (exact) mass is 368 g/mol. The maximum Gasteiger partial charge on any atom is 0.261 e. The third-order valence-electron chi connectivity index (χ3n) is 4.48. The van der Waals surface area contributed by atoms with Crippen LogP contribution in [0.25, 0.3) is 10.1 Å². The van der Waals surface area contributed by atoms with Gasteiger partial charge in [0.1, 0.15) is 5.82 Å². The summed E-state index contributed by atoms with van der Waals surface area (Å²) in [6.45, 7) is 1.16. The predicted molar refractivity (Wildman–Crippen MR) is 101 cm³/mol. The summed E-state index contributed by atoms with van der Waals surface area (Å²) in [5, 5.41) is 3.62. The summed E-state index contributed by atoms with van der Waals surface area (Å²) in [5.74, 6) is -0.323. The molecule has 4 nitrogen and oxygen atoms in total. The molecule has 4 rings (SSSR count). The van der Waals surface area contributed by atoms with Gasteiger partial charge in [-0.1, -0.05) is 12.1 Å². The van der Waals surface area contributed by atoms with Crippen molar-refractivity contribution in [2.45, 2.75) is 19.4 Å². The maximum absolute atomic E-state index is 13.3. The van der Waals surface area contributed by atoms with E-state index < -0.39 is 0 Å². The van der Waals surface area contributed by atoms with Crippen LogP contribution < -0.4 is 10.2 Å². The Bertz CT molecular complexity index is 981. The van der Waals surface area contributed by atoms with Crippen molar-refractivity contribution in [2.24, 2.45) is 0 Å². The Hall–Kier alpha value is -2.73. The van der Waals surface area contributed by atoms with Gasteiger partial charge in [-0.25, -0.2) is 4.39 Å². The molecule has 26 heavy (non-hydrogen) atoms. The van der Waals surface area contributed by atoms with Crippen LogP contribution in [0.2, 0.25) is 0 Å². The van der Waals surface area contributed by atoms with E-state index in [1.54, 1.807) is 17.0 Å². The number of nitrogens with zero attached hydrogens (tertiary/aromatic N) is 1. The van der Waals surface area contributed by atoms with Gasteiger partial charge in [0.15, 0.2) is 0 Å². The summed E-state index contributed by atoms with van der Waals surface area (Å²) >= 11 is 1.35. The number of anilines is 1. The molecule has 1 aromatic heterocycles. The molecule has 0 atom stereocenters. The zero-order valence-corrected chi connectivity index (χ0v) is 14.8. The number of halogens is 1. The zero-order chi connectivity index (χ0) is 18.1. The molecule has 0 bridgehead atoms. The smallest absolute Gasteiger partial charge is 0.261 e. The van der Waals surface area contributed by atoms with E-state index in [1.807, 2.05) is 24.3 Å². The first-order valence-electron chi connectivity index (χ1n) is 8.47. The Morgan fingerprint density at radius 3 is 2.69 bits per heavy atom. The van der Waals surface area contributed by atoms with E-state index in [9.17, 15) is 14.0 Å². The average Bonchev–Trinajstić information content (AvgIpc) is 3.26. The molecular weight excluding hydrogens is 351 g/mol. The number of rotatable bonds is 4. The summed E-state index contributed by atoms with van der Waals surface area (Å²) in [7, 11) is 0. The normalized spacial score (nSPS) is 14.2. The highest BCUT2D eigenvalue weighted by atomic mass is 32.1. The second-order valence-corrected chi connectivity index (χ2v) is 7.37. The number of carbonyl (C=O) groups excluding carboxylic acids is 2. The molecule has 1 aliphatic rings. The van der Waals surface area contributed by atoms with Gasteiger partial charge < -0.3 is 10.2 Å². The summed E-state index contributed by atoms with van der Waals surface area (Å²) in [6, 6.07) is 13.9. The van der Waals surface area contributed by atoms with Crippen LogP contribution in [0.3, 0.4) is 0 Å². The van der Waals surface area contributed by atoms with Crippen molar-refractivity contribution in [3.05, 3.63) is 64.8 Å². The van der Waals surface area contributed by atoms with Crippen LogP contribution in [-0.4, -0.2) is 18.4 Å². The highest BCUT2D eigenvalue weighted by Gasteiger charge is 2.21. The molecule has 0 radical (unpaired) electrons. The van der Waals surface area contributed by atoms with E-state index in [-0.39, 0.29) is 17.6 Å². The van der Waals surface area contributed by atoms with Crippen LogP contribution in [0.4, 0.5) is 10.1 Å². The van der Waals surface area contributed by atoms with E-state index in [1.165, 1.54) is 23.5 Å². The van der Waals surface area contributed by atoms with Crippen LogP contribution in [-0.2, 0) is 11.3 Å². The molecule has 2 heterocycles. The zero-order valence-electron chi connectivity index (χ0n) is 14.0. The Kier molecular flexibility index (Phi) is 4.42. The Morgan fingerprint density at radius 1 is 1.15 bits per heavy atom. The average molecular weight is 368 g/mol. The van der Waals surface area contributed by atoms with Crippen molar-refractivity contribution >= 4 is 38.9 Å². The number of amides is 2. The minimum absolute atomic E-state index is 0.159. The van der Waals surface area contributed by atoms with Crippen LogP contribution in [0.5, 0.6) is 0 Å². The molecule has 0 saturated carbocycles. The third-order valence-corrected chi connectivity index (χ3v) is 5.59. The molecule has 2 aromatic carbocycles. The molecule has 6 heteroatoms. The summed E-state index contributed by atoms with van der Waals surface area (Å²) in [6.07, 6.45) is 1.51. The first-order valence-corrected chi connectivity index (χ1v) is 9.28. The number of carbonyl (C=O) groups is 2. The van der Waals surface area contributed by atoms with Gasteiger partial charge in [0.05, 0.1) is 4.88 Å². The summed E-state index contributed by atoms with van der Waals surface area (Å²) in [4.78, 5) is 26.5. The topological polar surface area (TPSA) is 49.4 Å². The van der Waals surface area contributed by atoms with E-state index in [4.69, 9.17) is 0 Å². The van der Waals surface area contributed by atoms with E-state index >= 15 is 0 Å². The highest BCUT2D eigenvalue weighted by molar-refractivity contribution is 7.20. The lowest BCUT2D eigenvalue weighted by Crippen LogP contribution is -2.24. The Balaban J connectivity index is 1.41. The number of fused-ring (bicyclic) bond motifs is 1. The molecule has 132 valence electrons. The molecule has 1 fully saturated rings. The van der Waals surface area contributed by atoms with E-state index in [0.29, 0.717) is 17.8 Å². The number of hydrogen-bond donors (Lipinski definition) is 1. The SMILES string of the molecule is O=C(NCc1ccc(N2CCCC2=O)cc1)c1cc2cc(F)ccc2s1. The summed E-state index contributed by atoms with van der Waals surface area (Å²) in [5.41, 5.74) is 1.86. The van der Waals surface area contributed by atoms with Gasteiger partial charge in [-0.15, -0.1) is 11.3 Å². The fourth-order valence-corrected chi connectivity index (χ4v) is 4.07. The number of thiophene rings is 1. The lowest BCUT2D eigenvalue weighted by molar-refractivity contribution is -0.117. The molecule has 0 unspecified atom stereocenters. The minimum atomic E-state index is -0.307. The van der Waals surface area contributed by atoms with Crippen molar-refractivity contribution in [3.63, 3.8) is 0 Å². The Labute approximate surface area is 154 Å². The van der Waals surface area contributed by atoms with Crippen LogP contribution in [0, 0.1) is 5.82 Å². The fraction of sp³-hybridized carbons (Fsp3) is 0.200. The summed E-state index contributed by atoms with van der Waals surface area (Å²) < 4.78 is 14.2. The lowest BCUT2D eigenvalue weighted by atomic mass is 10.2. The van der Waals surface area contributed by atoms with Crippen molar-refractivity contribution in [1.82, 2.24) is 5.32 Å². The first-order chi connectivity index (χ1) is 12.6. The van der Waals surface area contributed by atoms with Crippen LogP contribution in [0.15, 0.2) is 48.5 Å². The minimum Gasteiger partial charge on any atom is -0.347 e. The van der Waals surface area contributed by atoms with Crippen molar-refractivity contribution in [1.29, 1.82) is 0 Å². The van der Waals surface area contributed by atoms with Gasteiger partial charge in [0.2, 0.25) is 5.91 Å². The van der Waals surface area contributed by atoms with Crippen molar-refractivity contribution < 1.29 is 14.0 Å². The molecule has 1 N–H and O–H groups in total. The molecule has 1 aliphatic heterocycles. The largest absolute Gasteiger partial charge is 0.347 e. The van der Waals surface area contributed by atoms with E-state index in [2.05, 4.69) is 5.32 Å². The maximum atomic E-state index is 13.3. The molecule has 1 saturated heterocycles. The Morgan fingerprint density at radius 2 is 1.96 bits per heavy atom. The quantitative estimate of drug-likeness (QED) is 0.754. The molecule has 2 amide bonds. The predicted octanol–water partition coefficient (Wildman–Crippen LogP) is 4.10. The lowest BCUT2D eigenvalue weighted by Gasteiger charge is -2.16. The van der Waals surface area contributed by atoms with Crippen LogP contribution in [0.1, 0.15) is 28.1 Å². The third kappa shape index (κ3) is 3.32. The van der Waals surface area contributed by atoms with Crippen molar-refractivity contribution in [3.8, 4) is 0 Å². The van der Waals surface area contributed by atoms with Gasteiger partial charge in [-0.3, -0.25) is 9.59 Å². The number of benzene rings is 2. The fourth-order valence-electron chi connectivity index (χ4n) is 3.11. The van der Waals surface area contributed by atoms with Gasteiger partial charge in [0.25, 0.3) is 5.91 Å². The number of hydrogen-bond acceptors (Lipinski definition) is 3. The van der Waals surface area contributed by atoms with Crippen molar-refractivity contribution in [2.75, 3.05) is 11.4 Å². The van der Waals surface area contributed by atoms with E-state index in [0.717, 1.165) is 34.3 Å². The molecule has 0 spiro atoms. The molecular formula is C20H17FN2O2S. The van der Waals surface area contributed by atoms with Gasteiger partial charge >= 0.3 is 0 Å².